The van der Waals surface area contributed by atoms with Gasteiger partial charge < -0.3 is 9.47 Å². The van der Waals surface area contributed by atoms with Crippen LogP contribution in [0, 0.1) is 0 Å². The fourth-order valence-electron chi connectivity index (χ4n) is 2.22. The first kappa shape index (κ1) is 18.2. The van der Waals surface area contributed by atoms with Crippen molar-refractivity contribution in [3.8, 4) is 22.8 Å². The molecule has 0 saturated heterocycles. The standard InChI is InChI=1S/C19H17ClN2O3S/c1-12(25-16-5-3-4-15(10-16)24-2)18(23)22-19-21-17(11-26-19)13-6-8-14(20)9-7-13/h3-12H,1-2H3,(H,21,22,23). The van der Waals surface area contributed by atoms with E-state index in [1.165, 1.54) is 11.3 Å². The molecule has 0 radical (unpaired) electrons. The van der Waals surface area contributed by atoms with Gasteiger partial charge in [0.1, 0.15) is 11.5 Å². The number of nitrogens with one attached hydrogen (secondary N) is 1. The Bertz CT molecular complexity index is 896. The van der Waals surface area contributed by atoms with E-state index < -0.39 is 6.10 Å². The summed E-state index contributed by atoms with van der Waals surface area (Å²) < 4.78 is 10.8. The zero-order valence-electron chi connectivity index (χ0n) is 14.2. The number of methoxy groups -OCH3 is 1. The van der Waals surface area contributed by atoms with E-state index in [1.54, 1.807) is 44.4 Å². The van der Waals surface area contributed by atoms with Crippen molar-refractivity contribution in [3.63, 3.8) is 0 Å². The molecule has 1 atom stereocenters. The first-order valence-corrected chi connectivity index (χ1v) is 9.14. The van der Waals surface area contributed by atoms with Gasteiger partial charge in [-0.05, 0) is 31.2 Å². The van der Waals surface area contributed by atoms with Gasteiger partial charge >= 0.3 is 0 Å². The summed E-state index contributed by atoms with van der Waals surface area (Å²) in [5, 5.41) is 5.84. The number of nitrogens with zero attached hydrogens (tertiary/aromatic N) is 1. The minimum Gasteiger partial charge on any atom is -0.497 e. The van der Waals surface area contributed by atoms with Crippen molar-refractivity contribution in [2.45, 2.75) is 13.0 Å². The minimum absolute atomic E-state index is 0.273. The number of hydrogen-bond acceptors (Lipinski definition) is 5. The number of carbonyl (C=O) groups is 1. The van der Waals surface area contributed by atoms with Crippen LogP contribution in [0.5, 0.6) is 11.5 Å². The Morgan fingerprint density at radius 1 is 1.19 bits per heavy atom. The molecule has 0 bridgehead atoms. The van der Waals surface area contributed by atoms with Crippen molar-refractivity contribution >= 4 is 34.0 Å². The molecule has 1 N–H and O–H groups in total. The molecule has 1 aromatic heterocycles. The van der Waals surface area contributed by atoms with Crippen molar-refractivity contribution in [1.82, 2.24) is 4.98 Å². The normalized spacial score (nSPS) is 11.7. The molecular weight excluding hydrogens is 372 g/mol. The summed E-state index contributed by atoms with van der Waals surface area (Å²) in [7, 11) is 1.58. The van der Waals surface area contributed by atoms with Gasteiger partial charge in [-0.15, -0.1) is 11.3 Å². The highest BCUT2D eigenvalue weighted by Crippen LogP contribution is 2.26. The van der Waals surface area contributed by atoms with Gasteiger partial charge in [0.15, 0.2) is 11.2 Å². The minimum atomic E-state index is -0.676. The average Bonchev–Trinajstić information content (AvgIpc) is 3.11. The van der Waals surface area contributed by atoms with Crippen LogP contribution in [0.25, 0.3) is 11.3 Å². The van der Waals surface area contributed by atoms with Gasteiger partial charge in [-0.1, -0.05) is 29.8 Å². The highest BCUT2D eigenvalue weighted by atomic mass is 35.5. The summed E-state index contributed by atoms with van der Waals surface area (Å²) in [6, 6.07) is 14.5. The van der Waals surface area contributed by atoms with Crippen molar-refractivity contribution in [2.24, 2.45) is 0 Å². The second-order valence-electron chi connectivity index (χ2n) is 5.47. The Hall–Kier alpha value is -2.57. The number of thiazole rings is 1. The van der Waals surface area contributed by atoms with Crippen molar-refractivity contribution < 1.29 is 14.3 Å². The van der Waals surface area contributed by atoms with E-state index in [0.717, 1.165) is 11.3 Å². The number of amides is 1. The zero-order valence-corrected chi connectivity index (χ0v) is 15.8. The quantitative estimate of drug-likeness (QED) is 0.653. The molecule has 0 aliphatic heterocycles. The molecule has 0 fully saturated rings. The molecule has 2 aromatic carbocycles. The highest BCUT2D eigenvalue weighted by Gasteiger charge is 2.17. The lowest BCUT2D eigenvalue weighted by molar-refractivity contribution is -0.122. The second-order valence-corrected chi connectivity index (χ2v) is 6.77. The number of hydrogen-bond donors (Lipinski definition) is 1. The third kappa shape index (κ3) is 4.53. The van der Waals surface area contributed by atoms with Gasteiger partial charge in [0.25, 0.3) is 5.91 Å². The predicted molar refractivity (Wildman–Crippen MR) is 104 cm³/mol. The molecule has 3 aromatic rings. The second kappa shape index (κ2) is 8.21. The number of anilines is 1. The van der Waals surface area contributed by atoms with Crippen LogP contribution >= 0.6 is 22.9 Å². The van der Waals surface area contributed by atoms with Gasteiger partial charge in [-0.2, -0.15) is 0 Å². The Balaban J connectivity index is 1.63. The molecule has 0 spiro atoms. The number of aromatic nitrogens is 1. The number of carbonyl (C=O) groups excluding carboxylic acids is 1. The topological polar surface area (TPSA) is 60.5 Å². The van der Waals surface area contributed by atoms with Crippen molar-refractivity contribution in [2.75, 3.05) is 12.4 Å². The monoisotopic (exact) mass is 388 g/mol. The predicted octanol–water partition coefficient (Wildman–Crippen LogP) is 4.88. The maximum absolute atomic E-state index is 12.3. The lowest BCUT2D eigenvalue weighted by Crippen LogP contribution is -2.30. The average molecular weight is 389 g/mol. The Morgan fingerprint density at radius 3 is 2.65 bits per heavy atom. The molecular formula is C19H17ClN2O3S. The van der Waals surface area contributed by atoms with E-state index in [-0.39, 0.29) is 5.91 Å². The fourth-order valence-corrected chi connectivity index (χ4v) is 3.07. The Kier molecular flexibility index (Phi) is 5.75. The van der Waals surface area contributed by atoms with E-state index in [9.17, 15) is 4.79 Å². The van der Waals surface area contributed by atoms with E-state index in [0.29, 0.717) is 21.7 Å². The van der Waals surface area contributed by atoms with Crippen LogP contribution in [0.1, 0.15) is 6.92 Å². The van der Waals surface area contributed by atoms with Gasteiger partial charge in [0.05, 0.1) is 12.8 Å². The van der Waals surface area contributed by atoms with Gasteiger partial charge in [-0.3, -0.25) is 10.1 Å². The molecule has 26 heavy (non-hydrogen) atoms. The summed E-state index contributed by atoms with van der Waals surface area (Å²) in [6.07, 6.45) is -0.676. The first-order chi connectivity index (χ1) is 12.5. The van der Waals surface area contributed by atoms with Crippen LogP contribution in [-0.2, 0) is 4.79 Å². The lowest BCUT2D eigenvalue weighted by atomic mass is 10.2. The summed E-state index contributed by atoms with van der Waals surface area (Å²) in [4.78, 5) is 16.8. The third-order valence-corrected chi connectivity index (χ3v) is 4.61. The molecule has 0 aliphatic rings. The van der Waals surface area contributed by atoms with Gasteiger partial charge in [0, 0.05) is 22.0 Å². The van der Waals surface area contributed by atoms with E-state index >= 15 is 0 Å². The molecule has 1 amide bonds. The fraction of sp³-hybridized carbons (Fsp3) is 0.158. The van der Waals surface area contributed by atoms with Crippen LogP contribution in [-0.4, -0.2) is 24.1 Å². The van der Waals surface area contributed by atoms with Gasteiger partial charge in [-0.25, -0.2) is 4.98 Å². The molecule has 5 nitrogen and oxygen atoms in total. The van der Waals surface area contributed by atoms with Crippen LogP contribution in [0.4, 0.5) is 5.13 Å². The molecule has 1 unspecified atom stereocenters. The third-order valence-electron chi connectivity index (χ3n) is 3.60. The molecule has 0 saturated carbocycles. The molecule has 0 aliphatic carbocycles. The van der Waals surface area contributed by atoms with Crippen molar-refractivity contribution in [1.29, 1.82) is 0 Å². The molecule has 134 valence electrons. The molecule has 7 heteroatoms. The van der Waals surface area contributed by atoms with Crippen LogP contribution in [0.15, 0.2) is 53.9 Å². The number of benzene rings is 2. The van der Waals surface area contributed by atoms with Gasteiger partial charge in [0.2, 0.25) is 0 Å². The first-order valence-electron chi connectivity index (χ1n) is 7.88. The lowest BCUT2D eigenvalue weighted by Gasteiger charge is -2.14. The summed E-state index contributed by atoms with van der Waals surface area (Å²) in [5.41, 5.74) is 1.72. The summed E-state index contributed by atoms with van der Waals surface area (Å²) in [5.74, 6) is 0.959. The maximum Gasteiger partial charge on any atom is 0.266 e. The Morgan fingerprint density at radius 2 is 1.92 bits per heavy atom. The van der Waals surface area contributed by atoms with Crippen LogP contribution < -0.4 is 14.8 Å². The number of ether oxygens (including phenoxy) is 2. The zero-order chi connectivity index (χ0) is 18.5. The summed E-state index contributed by atoms with van der Waals surface area (Å²) in [6.45, 7) is 1.68. The molecule has 1 heterocycles. The van der Waals surface area contributed by atoms with E-state index in [2.05, 4.69) is 10.3 Å². The highest BCUT2D eigenvalue weighted by molar-refractivity contribution is 7.14. The molecule has 3 rings (SSSR count). The summed E-state index contributed by atoms with van der Waals surface area (Å²) >= 11 is 7.25. The van der Waals surface area contributed by atoms with E-state index in [1.807, 2.05) is 23.6 Å². The maximum atomic E-state index is 12.3. The van der Waals surface area contributed by atoms with Crippen LogP contribution in [0.3, 0.4) is 0 Å². The number of halogens is 1. The Labute approximate surface area is 160 Å². The largest absolute Gasteiger partial charge is 0.497 e. The van der Waals surface area contributed by atoms with Crippen molar-refractivity contribution in [3.05, 3.63) is 58.9 Å². The smallest absolute Gasteiger partial charge is 0.266 e. The van der Waals surface area contributed by atoms with Crippen LogP contribution in [0.2, 0.25) is 5.02 Å². The van der Waals surface area contributed by atoms with E-state index in [4.69, 9.17) is 21.1 Å². The SMILES string of the molecule is COc1cccc(OC(C)C(=O)Nc2nc(-c3ccc(Cl)cc3)cs2)c1. The number of rotatable bonds is 6.